The van der Waals surface area contributed by atoms with Crippen molar-refractivity contribution in [1.29, 1.82) is 0 Å². The highest BCUT2D eigenvalue weighted by molar-refractivity contribution is 5.04. The number of rotatable bonds is 3. The molecule has 1 aliphatic heterocycles. The van der Waals surface area contributed by atoms with E-state index in [1.807, 2.05) is 25.3 Å². The number of nitrogens with zero attached hydrogens (tertiary/aromatic N) is 5. The normalized spacial score (nSPS) is 18.9. The number of pyridine rings is 1. The Bertz CT molecular complexity index is 563. The SMILES string of the molecule is Cc1nnc2n1CCC(N(C)Cc1ccccn1)CC2. The van der Waals surface area contributed by atoms with E-state index in [9.17, 15) is 0 Å². The summed E-state index contributed by atoms with van der Waals surface area (Å²) in [4.78, 5) is 6.83. The monoisotopic (exact) mass is 271 g/mol. The lowest BCUT2D eigenvalue weighted by molar-refractivity contribution is 0.208. The molecular weight excluding hydrogens is 250 g/mol. The summed E-state index contributed by atoms with van der Waals surface area (Å²) in [6.07, 6.45) is 5.16. The lowest BCUT2D eigenvalue weighted by Gasteiger charge is -2.26. The van der Waals surface area contributed by atoms with Crippen LogP contribution in [-0.2, 0) is 19.5 Å². The first kappa shape index (κ1) is 13.2. The molecule has 0 aromatic carbocycles. The summed E-state index contributed by atoms with van der Waals surface area (Å²) in [5, 5.41) is 8.44. The van der Waals surface area contributed by atoms with Crippen molar-refractivity contribution in [2.45, 2.75) is 45.3 Å². The van der Waals surface area contributed by atoms with Crippen LogP contribution < -0.4 is 0 Å². The molecule has 3 heterocycles. The first-order chi connectivity index (χ1) is 9.74. The van der Waals surface area contributed by atoms with E-state index in [0.717, 1.165) is 49.7 Å². The molecule has 3 rings (SSSR count). The Morgan fingerprint density at radius 1 is 1.30 bits per heavy atom. The van der Waals surface area contributed by atoms with E-state index in [-0.39, 0.29) is 0 Å². The minimum absolute atomic E-state index is 0.582. The molecule has 106 valence electrons. The zero-order valence-corrected chi connectivity index (χ0v) is 12.2. The molecule has 1 aliphatic rings. The minimum atomic E-state index is 0.582. The zero-order valence-electron chi connectivity index (χ0n) is 12.2. The van der Waals surface area contributed by atoms with Crippen molar-refractivity contribution in [1.82, 2.24) is 24.6 Å². The molecule has 0 bridgehead atoms. The van der Waals surface area contributed by atoms with Gasteiger partial charge < -0.3 is 4.57 Å². The molecular formula is C15H21N5. The molecule has 20 heavy (non-hydrogen) atoms. The Morgan fingerprint density at radius 3 is 3.00 bits per heavy atom. The predicted molar refractivity (Wildman–Crippen MR) is 77.2 cm³/mol. The Morgan fingerprint density at radius 2 is 2.20 bits per heavy atom. The zero-order chi connectivity index (χ0) is 13.9. The second-order valence-electron chi connectivity index (χ2n) is 5.53. The third kappa shape index (κ3) is 2.72. The summed E-state index contributed by atoms with van der Waals surface area (Å²) < 4.78 is 2.26. The Labute approximate surface area is 119 Å². The van der Waals surface area contributed by atoms with Crippen molar-refractivity contribution in [3.8, 4) is 0 Å². The average Bonchev–Trinajstić information content (AvgIpc) is 2.70. The Balaban J connectivity index is 1.64. The van der Waals surface area contributed by atoms with Crippen LogP contribution in [0.4, 0.5) is 0 Å². The highest BCUT2D eigenvalue weighted by atomic mass is 15.3. The van der Waals surface area contributed by atoms with Gasteiger partial charge >= 0.3 is 0 Å². The van der Waals surface area contributed by atoms with Gasteiger partial charge in [0.2, 0.25) is 0 Å². The maximum absolute atomic E-state index is 4.41. The van der Waals surface area contributed by atoms with Crippen LogP contribution in [0.5, 0.6) is 0 Å². The van der Waals surface area contributed by atoms with Crippen molar-refractivity contribution < 1.29 is 0 Å². The van der Waals surface area contributed by atoms with E-state index in [0.29, 0.717) is 6.04 Å². The first-order valence-electron chi connectivity index (χ1n) is 7.23. The Hall–Kier alpha value is -1.75. The summed E-state index contributed by atoms with van der Waals surface area (Å²) in [7, 11) is 2.19. The molecule has 0 N–H and O–H groups in total. The number of aromatic nitrogens is 4. The van der Waals surface area contributed by atoms with E-state index in [1.54, 1.807) is 0 Å². The quantitative estimate of drug-likeness (QED) is 0.854. The van der Waals surface area contributed by atoms with Gasteiger partial charge in [-0.3, -0.25) is 9.88 Å². The van der Waals surface area contributed by atoms with Crippen LogP contribution in [-0.4, -0.2) is 37.7 Å². The maximum Gasteiger partial charge on any atom is 0.133 e. The summed E-state index contributed by atoms with van der Waals surface area (Å²) in [6.45, 7) is 3.96. The third-order valence-corrected chi connectivity index (χ3v) is 4.16. The highest BCUT2D eigenvalue weighted by Crippen LogP contribution is 2.19. The van der Waals surface area contributed by atoms with E-state index < -0.39 is 0 Å². The van der Waals surface area contributed by atoms with Crippen LogP contribution in [0.15, 0.2) is 24.4 Å². The molecule has 1 unspecified atom stereocenters. The van der Waals surface area contributed by atoms with Gasteiger partial charge in [0.05, 0.1) is 5.69 Å². The van der Waals surface area contributed by atoms with Gasteiger partial charge in [0.25, 0.3) is 0 Å². The van der Waals surface area contributed by atoms with Crippen LogP contribution in [0, 0.1) is 6.92 Å². The molecule has 0 spiro atoms. The van der Waals surface area contributed by atoms with Gasteiger partial charge in [-0.1, -0.05) is 6.07 Å². The minimum Gasteiger partial charge on any atom is -0.315 e. The molecule has 0 fully saturated rings. The first-order valence-corrected chi connectivity index (χ1v) is 7.23. The van der Waals surface area contributed by atoms with Gasteiger partial charge in [-0.05, 0) is 38.9 Å². The number of hydrogen-bond acceptors (Lipinski definition) is 4. The molecule has 0 radical (unpaired) electrons. The van der Waals surface area contributed by atoms with E-state index >= 15 is 0 Å². The van der Waals surface area contributed by atoms with Gasteiger partial charge in [0.1, 0.15) is 11.6 Å². The van der Waals surface area contributed by atoms with Crippen LogP contribution in [0.25, 0.3) is 0 Å². The maximum atomic E-state index is 4.41. The fourth-order valence-electron chi connectivity index (χ4n) is 2.94. The van der Waals surface area contributed by atoms with Crippen molar-refractivity contribution in [2.75, 3.05) is 7.05 Å². The van der Waals surface area contributed by atoms with Crippen LogP contribution in [0.3, 0.4) is 0 Å². The standard InChI is InChI=1S/C15H21N5/c1-12-17-18-15-7-6-14(8-10-20(12)15)19(2)11-13-5-3-4-9-16-13/h3-5,9,14H,6-8,10-11H2,1-2H3. The summed E-state index contributed by atoms with van der Waals surface area (Å²) >= 11 is 0. The molecule has 0 saturated heterocycles. The number of hydrogen-bond donors (Lipinski definition) is 0. The van der Waals surface area contributed by atoms with Crippen molar-refractivity contribution >= 4 is 0 Å². The Kier molecular flexibility index (Phi) is 3.78. The lowest BCUT2D eigenvalue weighted by atomic mass is 10.1. The molecule has 2 aromatic heterocycles. The largest absolute Gasteiger partial charge is 0.315 e. The van der Waals surface area contributed by atoms with Crippen molar-refractivity contribution in [3.05, 3.63) is 41.7 Å². The van der Waals surface area contributed by atoms with Gasteiger partial charge in [-0.2, -0.15) is 0 Å². The van der Waals surface area contributed by atoms with Gasteiger partial charge in [0.15, 0.2) is 0 Å². The van der Waals surface area contributed by atoms with Crippen LogP contribution in [0.1, 0.15) is 30.2 Å². The fraction of sp³-hybridized carbons (Fsp3) is 0.533. The lowest BCUT2D eigenvalue weighted by Crippen LogP contribution is -2.32. The molecule has 1 atom stereocenters. The molecule has 0 aliphatic carbocycles. The van der Waals surface area contributed by atoms with E-state index in [4.69, 9.17) is 0 Å². The topological polar surface area (TPSA) is 46.8 Å². The molecule has 2 aromatic rings. The summed E-state index contributed by atoms with van der Waals surface area (Å²) in [5.41, 5.74) is 1.13. The molecule has 5 nitrogen and oxygen atoms in total. The van der Waals surface area contributed by atoms with Gasteiger partial charge in [-0.15, -0.1) is 10.2 Å². The number of fused-ring (bicyclic) bond motifs is 1. The van der Waals surface area contributed by atoms with E-state index in [1.165, 1.54) is 0 Å². The second kappa shape index (κ2) is 5.71. The average molecular weight is 271 g/mol. The van der Waals surface area contributed by atoms with Crippen LogP contribution in [0.2, 0.25) is 0 Å². The van der Waals surface area contributed by atoms with E-state index in [2.05, 4.69) is 37.8 Å². The fourth-order valence-corrected chi connectivity index (χ4v) is 2.94. The van der Waals surface area contributed by atoms with Crippen molar-refractivity contribution in [2.24, 2.45) is 0 Å². The summed E-state index contributed by atoms with van der Waals surface area (Å²) in [6, 6.07) is 6.68. The molecule has 0 saturated carbocycles. The van der Waals surface area contributed by atoms with Gasteiger partial charge in [0, 0.05) is 31.7 Å². The van der Waals surface area contributed by atoms with Crippen molar-refractivity contribution in [3.63, 3.8) is 0 Å². The third-order valence-electron chi connectivity index (χ3n) is 4.16. The smallest absolute Gasteiger partial charge is 0.133 e. The molecule has 5 heteroatoms. The highest BCUT2D eigenvalue weighted by Gasteiger charge is 2.21. The van der Waals surface area contributed by atoms with Gasteiger partial charge in [-0.25, -0.2) is 0 Å². The summed E-state index contributed by atoms with van der Waals surface area (Å²) in [5.74, 6) is 2.17. The van der Waals surface area contributed by atoms with Crippen LogP contribution >= 0.6 is 0 Å². The number of aryl methyl sites for hydroxylation is 2. The second-order valence-corrected chi connectivity index (χ2v) is 5.53. The predicted octanol–water partition coefficient (Wildman–Crippen LogP) is 1.82. The molecule has 0 amide bonds.